The highest BCUT2D eigenvalue weighted by molar-refractivity contribution is 5.64. The molecule has 1 amide bonds. The third-order valence-electron chi connectivity index (χ3n) is 2.49. The van der Waals surface area contributed by atoms with E-state index in [2.05, 4.69) is 5.32 Å². The Morgan fingerprint density at radius 3 is 2.89 bits per heavy atom. The van der Waals surface area contributed by atoms with Crippen LogP contribution in [0.1, 0.15) is 18.9 Å². The minimum absolute atomic E-state index is 0.303. The molecule has 0 radical (unpaired) electrons. The van der Waals surface area contributed by atoms with Gasteiger partial charge in [-0.3, -0.25) is 0 Å². The van der Waals surface area contributed by atoms with E-state index in [0.29, 0.717) is 25.3 Å². The fourth-order valence-corrected chi connectivity index (χ4v) is 1.61. The minimum atomic E-state index is -0.801. The Labute approximate surface area is 111 Å². The van der Waals surface area contributed by atoms with Gasteiger partial charge in [-0.1, -0.05) is 0 Å². The number of halogens is 1. The van der Waals surface area contributed by atoms with Gasteiger partial charge in [0.05, 0.1) is 6.61 Å². The van der Waals surface area contributed by atoms with Crippen LogP contribution in [0, 0.1) is 5.82 Å². The Morgan fingerprint density at radius 2 is 2.26 bits per heavy atom. The van der Waals surface area contributed by atoms with Gasteiger partial charge in [0.2, 0.25) is 0 Å². The van der Waals surface area contributed by atoms with Crippen LogP contribution in [0.5, 0.6) is 5.75 Å². The fraction of sp³-hybridized carbons (Fsp3) is 0.462. The number of nitrogens with two attached hydrogens (primary N) is 1. The maximum Gasteiger partial charge on any atom is 0.404 e. The van der Waals surface area contributed by atoms with Crippen molar-refractivity contribution in [3.05, 3.63) is 29.6 Å². The van der Waals surface area contributed by atoms with E-state index < -0.39 is 6.09 Å². The smallest absolute Gasteiger partial charge is 0.404 e. The van der Waals surface area contributed by atoms with Crippen molar-refractivity contribution in [3.63, 3.8) is 0 Å². The van der Waals surface area contributed by atoms with Crippen LogP contribution in [-0.4, -0.2) is 25.9 Å². The molecule has 0 aliphatic rings. The molecule has 6 heteroatoms. The summed E-state index contributed by atoms with van der Waals surface area (Å²) in [7, 11) is 1.78. The zero-order chi connectivity index (χ0) is 14.3. The number of carbonyl (C=O) groups is 1. The van der Waals surface area contributed by atoms with Gasteiger partial charge in [-0.2, -0.15) is 0 Å². The van der Waals surface area contributed by atoms with Crippen molar-refractivity contribution in [2.75, 3.05) is 13.7 Å². The highest BCUT2D eigenvalue weighted by Crippen LogP contribution is 2.20. The van der Waals surface area contributed by atoms with Crippen LogP contribution in [-0.2, 0) is 11.3 Å². The van der Waals surface area contributed by atoms with Gasteiger partial charge in [0, 0.05) is 18.5 Å². The number of carbonyl (C=O) groups excluding carboxylic acids is 1. The fourth-order valence-electron chi connectivity index (χ4n) is 1.61. The van der Waals surface area contributed by atoms with Gasteiger partial charge >= 0.3 is 6.09 Å². The van der Waals surface area contributed by atoms with Gasteiger partial charge in [-0.05, 0) is 32.2 Å². The molecule has 0 bridgehead atoms. The molecule has 0 saturated heterocycles. The number of rotatable bonds is 7. The van der Waals surface area contributed by atoms with Crippen LogP contribution in [0.3, 0.4) is 0 Å². The summed E-state index contributed by atoms with van der Waals surface area (Å²) in [6, 6.07) is 4.36. The molecule has 1 atom stereocenters. The Kier molecular flexibility index (Phi) is 6.08. The first-order valence-electron chi connectivity index (χ1n) is 6.05. The van der Waals surface area contributed by atoms with E-state index in [1.165, 1.54) is 12.1 Å². The Hall–Kier alpha value is -1.82. The van der Waals surface area contributed by atoms with Crippen molar-refractivity contribution >= 4 is 6.09 Å². The standard InChI is InChI=1S/C13H19FN2O3/c1-9(19-13(15)17)5-6-18-12-4-3-11(14)7-10(12)8-16-2/h3-4,7,9,16H,5-6,8H2,1-2H3,(H2,15,17). The average Bonchev–Trinajstić information content (AvgIpc) is 2.31. The molecule has 1 aromatic carbocycles. The summed E-state index contributed by atoms with van der Waals surface area (Å²) in [6.07, 6.45) is -0.602. The van der Waals surface area contributed by atoms with Crippen LogP contribution in [0.4, 0.5) is 9.18 Å². The summed E-state index contributed by atoms with van der Waals surface area (Å²) in [5, 5.41) is 2.94. The predicted molar refractivity (Wildman–Crippen MR) is 69.4 cm³/mol. The lowest BCUT2D eigenvalue weighted by atomic mass is 10.2. The van der Waals surface area contributed by atoms with Crippen LogP contribution >= 0.6 is 0 Å². The first-order chi connectivity index (χ1) is 9.02. The van der Waals surface area contributed by atoms with Gasteiger partial charge in [-0.25, -0.2) is 9.18 Å². The Morgan fingerprint density at radius 1 is 1.53 bits per heavy atom. The molecule has 19 heavy (non-hydrogen) atoms. The van der Waals surface area contributed by atoms with Crippen molar-refractivity contribution < 1.29 is 18.7 Å². The van der Waals surface area contributed by atoms with Crippen molar-refractivity contribution in [3.8, 4) is 5.75 Å². The number of hydrogen-bond donors (Lipinski definition) is 2. The number of benzene rings is 1. The second kappa shape index (κ2) is 7.58. The average molecular weight is 270 g/mol. The zero-order valence-electron chi connectivity index (χ0n) is 11.1. The predicted octanol–water partition coefficient (Wildman–Crippen LogP) is 1.80. The monoisotopic (exact) mass is 270 g/mol. The van der Waals surface area contributed by atoms with Crippen molar-refractivity contribution in [1.82, 2.24) is 5.32 Å². The molecular formula is C13H19FN2O3. The number of hydrogen-bond acceptors (Lipinski definition) is 4. The van der Waals surface area contributed by atoms with Crippen LogP contribution < -0.4 is 15.8 Å². The molecule has 3 N–H and O–H groups in total. The molecular weight excluding hydrogens is 251 g/mol. The topological polar surface area (TPSA) is 73.6 Å². The van der Waals surface area contributed by atoms with Gasteiger partial charge in [0.1, 0.15) is 17.7 Å². The number of ether oxygens (including phenoxy) is 2. The second-order valence-corrected chi connectivity index (χ2v) is 4.17. The lowest BCUT2D eigenvalue weighted by Crippen LogP contribution is -2.22. The lowest BCUT2D eigenvalue weighted by molar-refractivity contribution is 0.101. The van der Waals surface area contributed by atoms with Crippen LogP contribution in [0.15, 0.2) is 18.2 Å². The first-order valence-corrected chi connectivity index (χ1v) is 6.05. The van der Waals surface area contributed by atoms with E-state index >= 15 is 0 Å². The number of amides is 1. The summed E-state index contributed by atoms with van der Waals surface area (Å²) >= 11 is 0. The molecule has 1 aromatic rings. The summed E-state index contributed by atoms with van der Waals surface area (Å²) < 4.78 is 23.4. The number of primary amides is 1. The van der Waals surface area contributed by atoms with E-state index in [0.717, 1.165) is 5.56 Å². The molecule has 0 heterocycles. The van der Waals surface area contributed by atoms with Gasteiger partial charge in [-0.15, -0.1) is 0 Å². The van der Waals surface area contributed by atoms with Crippen molar-refractivity contribution in [2.45, 2.75) is 26.0 Å². The van der Waals surface area contributed by atoms with Gasteiger partial charge in [0.15, 0.2) is 0 Å². The highest BCUT2D eigenvalue weighted by Gasteiger charge is 2.08. The van der Waals surface area contributed by atoms with Gasteiger partial charge in [0.25, 0.3) is 0 Å². The quantitative estimate of drug-likeness (QED) is 0.792. The maximum absolute atomic E-state index is 13.1. The highest BCUT2D eigenvalue weighted by atomic mass is 19.1. The molecule has 1 unspecified atom stereocenters. The second-order valence-electron chi connectivity index (χ2n) is 4.17. The van der Waals surface area contributed by atoms with Crippen LogP contribution in [0.2, 0.25) is 0 Å². The normalized spacial score (nSPS) is 11.9. The molecule has 106 valence electrons. The van der Waals surface area contributed by atoms with Gasteiger partial charge < -0.3 is 20.5 Å². The van der Waals surface area contributed by atoms with E-state index in [-0.39, 0.29) is 11.9 Å². The zero-order valence-corrected chi connectivity index (χ0v) is 11.1. The van der Waals surface area contributed by atoms with E-state index in [9.17, 15) is 9.18 Å². The maximum atomic E-state index is 13.1. The molecule has 0 aromatic heterocycles. The lowest BCUT2D eigenvalue weighted by Gasteiger charge is -2.14. The van der Waals surface area contributed by atoms with Crippen molar-refractivity contribution in [1.29, 1.82) is 0 Å². The van der Waals surface area contributed by atoms with Crippen LogP contribution in [0.25, 0.3) is 0 Å². The molecule has 0 spiro atoms. The van der Waals surface area contributed by atoms with E-state index in [1.807, 2.05) is 0 Å². The minimum Gasteiger partial charge on any atom is -0.493 e. The first kappa shape index (κ1) is 15.2. The Bertz CT molecular complexity index is 426. The van der Waals surface area contributed by atoms with E-state index in [1.54, 1.807) is 20.0 Å². The summed E-state index contributed by atoms with van der Waals surface area (Å²) in [4.78, 5) is 10.5. The summed E-state index contributed by atoms with van der Waals surface area (Å²) in [5.41, 5.74) is 5.65. The van der Waals surface area contributed by atoms with E-state index in [4.69, 9.17) is 15.2 Å². The molecule has 0 fully saturated rings. The molecule has 0 aliphatic heterocycles. The third-order valence-corrected chi connectivity index (χ3v) is 2.49. The molecule has 5 nitrogen and oxygen atoms in total. The van der Waals surface area contributed by atoms with Crippen molar-refractivity contribution in [2.24, 2.45) is 5.73 Å². The summed E-state index contributed by atoms with van der Waals surface area (Å²) in [6.45, 7) is 2.60. The molecule has 0 saturated carbocycles. The SMILES string of the molecule is CNCc1cc(F)ccc1OCCC(C)OC(N)=O. The summed E-state index contributed by atoms with van der Waals surface area (Å²) in [5.74, 6) is 0.310. The third kappa shape index (κ3) is 5.56. The Balaban J connectivity index is 2.50. The largest absolute Gasteiger partial charge is 0.493 e. The molecule has 0 aliphatic carbocycles. The number of nitrogens with one attached hydrogen (secondary N) is 1. The molecule has 1 rings (SSSR count).